The van der Waals surface area contributed by atoms with Crippen molar-refractivity contribution in [1.29, 1.82) is 0 Å². The van der Waals surface area contributed by atoms with Gasteiger partial charge in [-0.1, -0.05) is 18.2 Å². The molecule has 4 nitrogen and oxygen atoms in total. The summed E-state index contributed by atoms with van der Waals surface area (Å²) in [7, 11) is 0. The van der Waals surface area contributed by atoms with Crippen LogP contribution in [-0.2, 0) is 4.79 Å². The van der Waals surface area contributed by atoms with E-state index in [0.29, 0.717) is 5.57 Å². The van der Waals surface area contributed by atoms with Gasteiger partial charge in [0.2, 0.25) is 0 Å². The van der Waals surface area contributed by atoms with Crippen molar-refractivity contribution < 1.29 is 9.53 Å². The van der Waals surface area contributed by atoms with Crippen LogP contribution in [0, 0.1) is 0 Å². The van der Waals surface area contributed by atoms with Gasteiger partial charge in [0.25, 0.3) is 5.91 Å². The number of para-hydroxylation sites is 1. The summed E-state index contributed by atoms with van der Waals surface area (Å²) < 4.78 is 5.95. The zero-order chi connectivity index (χ0) is 15.0. The highest BCUT2D eigenvalue weighted by Crippen LogP contribution is 2.29. The van der Waals surface area contributed by atoms with Crippen LogP contribution in [-0.4, -0.2) is 17.0 Å². The van der Waals surface area contributed by atoms with Crippen molar-refractivity contribution >= 4 is 12.0 Å². The van der Waals surface area contributed by atoms with Crippen molar-refractivity contribution in [3.05, 3.63) is 35.4 Å². The molecule has 0 radical (unpaired) electrons. The van der Waals surface area contributed by atoms with Crippen LogP contribution < -0.4 is 15.6 Å². The van der Waals surface area contributed by atoms with Crippen molar-refractivity contribution in [2.24, 2.45) is 0 Å². The zero-order valence-corrected chi connectivity index (χ0v) is 12.7. The molecule has 0 bridgehead atoms. The number of benzene rings is 1. The van der Waals surface area contributed by atoms with E-state index in [1.165, 1.54) is 0 Å². The average Bonchev–Trinajstić information content (AvgIpc) is 2.56. The molecule has 0 spiro atoms. The lowest BCUT2D eigenvalue weighted by molar-refractivity contribution is -0.116. The Bertz CT molecular complexity index is 554. The maximum atomic E-state index is 11.9. The molecule has 0 saturated carbocycles. The van der Waals surface area contributed by atoms with E-state index in [0.717, 1.165) is 11.3 Å². The molecule has 2 rings (SSSR count). The molecule has 4 heteroatoms. The molecule has 0 aromatic heterocycles. The number of carbonyl (C=O) groups excluding carboxylic acids is 1. The maximum Gasteiger partial charge on any atom is 0.263 e. The molecule has 0 unspecified atom stereocenters. The summed E-state index contributed by atoms with van der Waals surface area (Å²) >= 11 is 0. The summed E-state index contributed by atoms with van der Waals surface area (Å²) in [6.45, 7) is 9.94. The first kappa shape index (κ1) is 14.6. The highest BCUT2D eigenvalue weighted by Gasteiger charge is 2.35. The fourth-order valence-electron chi connectivity index (χ4n) is 2.06. The minimum atomic E-state index is -0.397. The number of rotatable bonds is 2. The molecule has 2 N–H and O–H groups in total. The van der Waals surface area contributed by atoms with Crippen LogP contribution in [0.25, 0.3) is 6.08 Å². The van der Waals surface area contributed by atoms with Crippen LogP contribution >= 0.6 is 0 Å². The molecular formula is C16H22N2O2. The third-order valence-electron chi connectivity index (χ3n) is 3.04. The fraction of sp³-hybridized carbons (Fsp3) is 0.438. The Morgan fingerprint density at radius 1 is 1.20 bits per heavy atom. The Kier molecular flexibility index (Phi) is 3.61. The predicted molar refractivity (Wildman–Crippen MR) is 80.2 cm³/mol. The van der Waals surface area contributed by atoms with Gasteiger partial charge >= 0.3 is 0 Å². The van der Waals surface area contributed by atoms with Gasteiger partial charge in [-0.15, -0.1) is 0 Å². The van der Waals surface area contributed by atoms with Gasteiger partial charge in [-0.25, -0.2) is 5.43 Å². The van der Waals surface area contributed by atoms with Crippen LogP contribution in [0.5, 0.6) is 5.75 Å². The highest BCUT2D eigenvalue weighted by molar-refractivity contribution is 6.02. The van der Waals surface area contributed by atoms with Crippen LogP contribution in [0.4, 0.5) is 0 Å². The average molecular weight is 274 g/mol. The number of carbonyl (C=O) groups is 1. The van der Waals surface area contributed by atoms with E-state index in [4.69, 9.17) is 4.74 Å². The Labute approximate surface area is 120 Å². The standard InChI is InChI=1S/C16H22N2O2/c1-15(2,3)20-13-9-7-6-8-11(13)10-12-14(19)17-18-16(12,4)5/h6-10,18H,1-5H3,(H,17,19)/b12-10+. The Morgan fingerprint density at radius 2 is 1.85 bits per heavy atom. The summed E-state index contributed by atoms with van der Waals surface area (Å²) in [6.07, 6.45) is 1.89. The molecule has 20 heavy (non-hydrogen) atoms. The normalized spacial score (nSPS) is 20.1. The maximum absolute atomic E-state index is 11.9. The summed E-state index contributed by atoms with van der Waals surface area (Å²) in [4.78, 5) is 11.9. The summed E-state index contributed by atoms with van der Waals surface area (Å²) in [6, 6.07) is 7.75. The molecule has 1 saturated heterocycles. The van der Waals surface area contributed by atoms with Crippen molar-refractivity contribution in [1.82, 2.24) is 10.9 Å². The number of hydrazine groups is 1. The Balaban J connectivity index is 2.41. The van der Waals surface area contributed by atoms with Crippen LogP contribution in [0.3, 0.4) is 0 Å². The third kappa shape index (κ3) is 3.20. The molecule has 1 aromatic carbocycles. The lowest BCUT2D eigenvalue weighted by Crippen LogP contribution is -2.38. The van der Waals surface area contributed by atoms with Gasteiger partial charge in [0.05, 0.1) is 5.54 Å². The largest absolute Gasteiger partial charge is 0.488 e. The monoisotopic (exact) mass is 274 g/mol. The number of hydrogen-bond acceptors (Lipinski definition) is 3. The van der Waals surface area contributed by atoms with Crippen LogP contribution in [0.15, 0.2) is 29.8 Å². The van der Waals surface area contributed by atoms with E-state index in [1.807, 2.05) is 65.0 Å². The molecule has 0 atom stereocenters. The van der Waals surface area contributed by atoms with Gasteiger partial charge in [-0.2, -0.15) is 0 Å². The predicted octanol–water partition coefficient (Wildman–Crippen LogP) is 2.66. The smallest absolute Gasteiger partial charge is 0.263 e. The van der Waals surface area contributed by atoms with E-state index in [1.54, 1.807) is 0 Å². The minimum Gasteiger partial charge on any atom is -0.488 e. The SMILES string of the molecule is CC(C)(C)Oc1ccccc1/C=C1\C(=O)NNC1(C)C. The Hall–Kier alpha value is -1.81. The molecule has 1 amide bonds. The first-order valence-corrected chi connectivity index (χ1v) is 6.77. The first-order chi connectivity index (χ1) is 9.19. The van der Waals surface area contributed by atoms with Crippen LogP contribution in [0.1, 0.15) is 40.2 Å². The number of ether oxygens (including phenoxy) is 1. The van der Waals surface area contributed by atoms with E-state index in [9.17, 15) is 4.79 Å². The van der Waals surface area contributed by atoms with Gasteiger partial charge in [0.15, 0.2) is 0 Å². The minimum absolute atomic E-state index is 0.0967. The van der Waals surface area contributed by atoms with Gasteiger partial charge in [-0.3, -0.25) is 10.2 Å². The number of hydrogen-bond donors (Lipinski definition) is 2. The molecule has 1 aliphatic heterocycles. The summed E-state index contributed by atoms with van der Waals surface area (Å²) in [5, 5.41) is 0. The van der Waals surface area contributed by atoms with Crippen molar-refractivity contribution in [3.63, 3.8) is 0 Å². The lowest BCUT2D eigenvalue weighted by atomic mass is 9.94. The van der Waals surface area contributed by atoms with E-state index < -0.39 is 5.54 Å². The van der Waals surface area contributed by atoms with Crippen molar-refractivity contribution in [2.75, 3.05) is 0 Å². The van der Waals surface area contributed by atoms with Gasteiger partial charge < -0.3 is 4.74 Å². The molecular weight excluding hydrogens is 252 g/mol. The summed E-state index contributed by atoms with van der Waals surface area (Å²) in [5.74, 6) is 0.684. The molecule has 0 aliphatic carbocycles. The molecule has 1 fully saturated rings. The van der Waals surface area contributed by atoms with Gasteiger partial charge in [-0.05, 0) is 46.8 Å². The highest BCUT2D eigenvalue weighted by atomic mass is 16.5. The van der Waals surface area contributed by atoms with Crippen molar-refractivity contribution in [2.45, 2.75) is 45.8 Å². The second-order valence-electron chi connectivity index (χ2n) is 6.51. The van der Waals surface area contributed by atoms with Crippen molar-refractivity contribution in [3.8, 4) is 5.75 Å². The fourth-order valence-corrected chi connectivity index (χ4v) is 2.06. The molecule has 1 aromatic rings. The Morgan fingerprint density at radius 3 is 2.40 bits per heavy atom. The molecule has 108 valence electrons. The van der Waals surface area contributed by atoms with E-state index in [-0.39, 0.29) is 11.5 Å². The lowest BCUT2D eigenvalue weighted by Gasteiger charge is -2.23. The zero-order valence-electron chi connectivity index (χ0n) is 12.7. The van der Waals surface area contributed by atoms with Gasteiger partial charge in [0.1, 0.15) is 11.4 Å². The van der Waals surface area contributed by atoms with Crippen LogP contribution in [0.2, 0.25) is 0 Å². The second kappa shape index (κ2) is 4.94. The topological polar surface area (TPSA) is 50.4 Å². The summed E-state index contributed by atoms with van der Waals surface area (Å²) in [5.41, 5.74) is 6.55. The molecule has 1 heterocycles. The van der Waals surface area contributed by atoms with Gasteiger partial charge in [0, 0.05) is 11.1 Å². The first-order valence-electron chi connectivity index (χ1n) is 6.77. The molecule has 1 aliphatic rings. The third-order valence-corrected chi connectivity index (χ3v) is 3.04. The number of nitrogens with one attached hydrogen (secondary N) is 2. The number of amides is 1. The van der Waals surface area contributed by atoms with E-state index >= 15 is 0 Å². The van der Waals surface area contributed by atoms with E-state index in [2.05, 4.69) is 10.9 Å². The second-order valence-corrected chi connectivity index (χ2v) is 6.51. The quantitative estimate of drug-likeness (QED) is 0.815.